The molecule has 0 saturated carbocycles. The Morgan fingerprint density at radius 2 is 1.53 bits per heavy atom. The van der Waals surface area contributed by atoms with Gasteiger partial charge in [0, 0.05) is 31.2 Å². The Bertz CT molecular complexity index is 1340. The number of carbonyl (C=O) groups is 1. The van der Waals surface area contributed by atoms with Crippen molar-refractivity contribution in [2.75, 3.05) is 5.32 Å². The lowest BCUT2D eigenvalue weighted by Gasteiger charge is -2.12. The van der Waals surface area contributed by atoms with E-state index in [0.29, 0.717) is 12.2 Å². The van der Waals surface area contributed by atoms with Gasteiger partial charge in [0.1, 0.15) is 0 Å². The number of pyridine rings is 1. The first-order valence-corrected chi connectivity index (χ1v) is 12.2. The van der Waals surface area contributed by atoms with Gasteiger partial charge in [-0.25, -0.2) is 17.9 Å². The van der Waals surface area contributed by atoms with Gasteiger partial charge < -0.3 is 10.6 Å². The second kappa shape index (κ2) is 10.7. The molecule has 3 aromatic carbocycles. The fourth-order valence-corrected chi connectivity index (χ4v) is 4.41. The maximum absolute atomic E-state index is 12.8. The zero-order valence-corrected chi connectivity index (χ0v) is 19.1. The molecule has 0 bridgehead atoms. The van der Waals surface area contributed by atoms with Crippen molar-refractivity contribution in [1.82, 2.24) is 15.0 Å². The van der Waals surface area contributed by atoms with Crippen molar-refractivity contribution in [2.24, 2.45) is 0 Å². The van der Waals surface area contributed by atoms with Gasteiger partial charge in [0.2, 0.25) is 10.0 Å². The molecule has 172 valence electrons. The van der Waals surface area contributed by atoms with Crippen LogP contribution >= 0.6 is 0 Å². The first-order valence-electron chi connectivity index (χ1n) is 10.7. The van der Waals surface area contributed by atoms with Crippen molar-refractivity contribution in [2.45, 2.75) is 18.0 Å². The quantitative estimate of drug-likeness (QED) is 0.350. The summed E-state index contributed by atoms with van der Waals surface area (Å²) >= 11 is 0. The average Bonchev–Trinajstić information content (AvgIpc) is 2.88. The van der Waals surface area contributed by atoms with Crippen molar-refractivity contribution < 1.29 is 13.2 Å². The van der Waals surface area contributed by atoms with E-state index in [1.807, 2.05) is 60.7 Å². The van der Waals surface area contributed by atoms with Crippen LogP contribution in [0.25, 0.3) is 11.1 Å². The number of hydrogen-bond donors (Lipinski definition) is 3. The summed E-state index contributed by atoms with van der Waals surface area (Å²) < 4.78 is 28.3. The van der Waals surface area contributed by atoms with Crippen molar-refractivity contribution >= 4 is 21.7 Å². The third kappa shape index (κ3) is 6.06. The van der Waals surface area contributed by atoms with Gasteiger partial charge in [-0.3, -0.25) is 4.98 Å². The van der Waals surface area contributed by atoms with E-state index in [2.05, 4.69) is 20.3 Å². The number of benzene rings is 3. The Kier molecular flexibility index (Phi) is 7.31. The highest BCUT2D eigenvalue weighted by Gasteiger charge is 2.15. The highest BCUT2D eigenvalue weighted by molar-refractivity contribution is 7.89. The Morgan fingerprint density at radius 3 is 2.26 bits per heavy atom. The SMILES string of the molecule is O=C(NCc1cccnc1)Nc1ccc(S(=O)(=O)NCc2ccccc2-c2ccccc2)cc1. The van der Waals surface area contributed by atoms with Crippen molar-refractivity contribution in [3.05, 3.63) is 115 Å². The maximum Gasteiger partial charge on any atom is 0.319 e. The van der Waals surface area contributed by atoms with Gasteiger partial charge in [0.05, 0.1) is 4.90 Å². The van der Waals surface area contributed by atoms with Crippen LogP contribution in [0, 0.1) is 0 Å². The predicted molar refractivity (Wildman–Crippen MR) is 132 cm³/mol. The standard InChI is InChI=1S/C26H24N4O3S/c31-26(28-18-20-7-6-16-27-17-20)30-23-12-14-24(15-13-23)34(32,33)29-19-22-10-4-5-11-25(22)21-8-2-1-3-9-21/h1-17,29H,18-19H2,(H2,28,30,31). The predicted octanol–water partition coefficient (Wildman–Crippen LogP) is 4.55. The highest BCUT2D eigenvalue weighted by Crippen LogP contribution is 2.24. The minimum absolute atomic E-state index is 0.117. The van der Waals surface area contributed by atoms with Crippen LogP contribution in [0.2, 0.25) is 0 Å². The fraction of sp³-hybridized carbons (Fsp3) is 0.0769. The van der Waals surface area contributed by atoms with Crippen molar-refractivity contribution in [1.29, 1.82) is 0 Å². The van der Waals surface area contributed by atoms with E-state index in [1.165, 1.54) is 12.1 Å². The van der Waals surface area contributed by atoms with E-state index in [4.69, 9.17) is 0 Å². The summed E-state index contributed by atoms with van der Waals surface area (Å²) in [4.78, 5) is 16.2. The van der Waals surface area contributed by atoms with Crippen molar-refractivity contribution in [3.63, 3.8) is 0 Å². The largest absolute Gasteiger partial charge is 0.334 e. The molecule has 0 spiro atoms. The third-order valence-corrected chi connectivity index (χ3v) is 6.57. The Morgan fingerprint density at radius 1 is 0.794 bits per heavy atom. The van der Waals surface area contributed by atoms with E-state index >= 15 is 0 Å². The number of anilines is 1. The molecule has 3 N–H and O–H groups in total. The minimum Gasteiger partial charge on any atom is -0.334 e. The van der Waals surface area contributed by atoms with Crippen LogP contribution in [0.5, 0.6) is 0 Å². The molecule has 0 aliphatic heterocycles. The first-order chi connectivity index (χ1) is 16.5. The van der Waals surface area contributed by atoms with E-state index < -0.39 is 16.1 Å². The van der Waals surface area contributed by atoms with Gasteiger partial charge in [0.15, 0.2) is 0 Å². The molecule has 0 fully saturated rings. The Hall–Kier alpha value is -4.01. The number of aromatic nitrogens is 1. The number of hydrogen-bond acceptors (Lipinski definition) is 4. The number of amides is 2. The summed E-state index contributed by atoms with van der Waals surface area (Å²) in [7, 11) is -3.73. The molecule has 7 nitrogen and oxygen atoms in total. The molecule has 0 saturated heterocycles. The normalized spacial score (nSPS) is 11.1. The Labute approximate surface area is 198 Å². The number of carbonyl (C=O) groups excluding carboxylic acids is 1. The topological polar surface area (TPSA) is 100 Å². The van der Waals surface area contributed by atoms with Crippen LogP contribution in [0.4, 0.5) is 10.5 Å². The maximum atomic E-state index is 12.8. The van der Waals surface area contributed by atoms with E-state index in [9.17, 15) is 13.2 Å². The Balaban J connectivity index is 1.37. The van der Waals surface area contributed by atoms with E-state index in [0.717, 1.165) is 22.3 Å². The smallest absolute Gasteiger partial charge is 0.319 e. The molecule has 8 heteroatoms. The summed E-state index contributed by atoms with van der Waals surface area (Å²) in [6, 6.07) is 26.8. The lowest BCUT2D eigenvalue weighted by atomic mass is 10.00. The van der Waals surface area contributed by atoms with Gasteiger partial charge in [-0.15, -0.1) is 0 Å². The number of urea groups is 1. The number of nitrogens with one attached hydrogen (secondary N) is 3. The van der Waals surface area contributed by atoms with Crippen LogP contribution in [0.15, 0.2) is 108 Å². The third-order valence-electron chi connectivity index (χ3n) is 5.15. The second-order valence-corrected chi connectivity index (χ2v) is 9.31. The minimum atomic E-state index is -3.73. The molecule has 1 aromatic heterocycles. The van der Waals surface area contributed by atoms with Gasteiger partial charge in [-0.05, 0) is 52.6 Å². The first kappa shape index (κ1) is 23.2. The fourth-order valence-electron chi connectivity index (χ4n) is 3.41. The van der Waals surface area contributed by atoms with Crippen LogP contribution < -0.4 is 15.4 Å². The summed E-state index contributed by atoms with van der Waals surface area (Å²) in [6.45, 7) is 0.491. The number of rotatable bonds is 8. The van der Waals surface area contributed by atoms with Crippen LogP contribution in [-0.2, 0) is 23.1 Å². The van der Waals surface area contributed by atoms with Gasteiger partial charge in [-0.2, -0.15) is 0 Å². The van der Waals surface area contributed by atoms with Crippen LogP contribution in [0.1, 0.15) is 11.1 Å². The molecule has 0 aliphatic rings. The molecular weight excluding hydrogens is 448 g/mol. The molecule has 0 radical (unpaired) electrons. The van der Waals surface area contributed by atoms with Gasteiger partial charge in [0.25, 0.3) is 0 Å². The monoisotopic (exact) mass is 472 g/mol. The number of sulfonamides is 1. The molecule has 0 unspecified atom stereocenters. The number of nitrogens with zero attached hydrogens (tertiary/aromatic N) is 1. The molecule has 2 amide bonds. The van der Waals surface area contributed by atoms with Crippen LogP contribution in [0.3, 0.4) is 0 Å². The molecular formula is C26H24N4O3S. The molecule has 4 rings (SSSR count). The van der Waals surface area contributed by atoms with E-state index in [-0.39, 0.29) is 11.4 Å². The van der Waals surface area contributed by atoms with Gasteiger partial charge >= 0.3 is 6.03 Å². The second-order valence-electron chi connectivity index (χ2n) is 7.54. The summed E-state index contributed by atoms with van der Waals surface area (Å²) in [5.74, 6) is 0. The molecule has 0 atom stereocenters. The summed E-state index contributed by atoms with van der Waals surface area (Å²) in [5, 5.41) is 5.42. The molecule has 0 aliphatic carbocycles. The molecule has 34 heavy (non-hydrogen) atoms. The van der Waals surface area contributed by atoms with Gasteiger partial charge in [-0.1, -0.05) is 60.7 Å². The lowest BCUT2D eigenvalue weighted by Crippen LogP contribution is -2.28. The average molecular weight is 473 g/mol. The summed E-state index contributed by atoms with van der Waals surface area (Å²) in [5.41, 5.74) is 4.23. The van der Waals surface area contributed by atoms with Crippen LogP contribution in [-0.4, -0.2) is 19.4 Å². The van der Waals surface area contributed by atoms with Crippen molar-refractivity contribution in [3.8, 4) is 11.1 Å². The molecule has 4 aromatic rings. The zero-order chi connectivity index (χ0) is 23.8. The lowest BCUT2D eigenvalue weighted by molar-refractivity contribution is 0.251. The summed E-state index contributed by atoms with van der Waals surface area (Å²) in [6.07, 6.45) is 3.33. The zero-order valence-electron chi connectivity index (χ0n) is 18.3. The highest BCUT2D eigenvalue weighted by atomic mass is 32.2. The van der Waals surface area contributed by atoms with E-state index in [1.54, 1.807) is 30.6 Å². The molecule has 1 heterocycles.